The highest BCUT2D eigenvalue weighted by atomic mass is 35.5. The van der Waals surface area contributed by atoms with E-state index in [-0.39, 0.29) is 6.04 Å². The summed E-state index contributed by atoms with van der Waals surface area (Å²) in [5.41, 5.74) is 2.03. The van der Waals surface area contributed by atoms with Gasteiger partial charge in [-0.05, 0) is 36.4 Å². The van der Waals surface area contributed by atoms with Crippen LogP contribution in [-0.4, -0.2) is 11.5 Å². The van der Waals surface area contributed by atoms with Crippen molar-refractivity contribution in [2.24, 2.45) is 0 Å². The van der Waals surface area contributed by atoms with Gasteiger partial charge in [-0.1, -0.05) is 42.3 Å². The minimum Gasteiger partial charge on any atom is -0.305 e. The van der Waals surface area contributed by atoms with Crippen LogP contribution in [-0.2, 0) is 0 Å². The molecule has 1 atom stereocenters. The van der Waals surface area contributed by atoms with Crippen LogP contribution in [0.1, 0.15) is 24.2 Å². The number of hydrogen-bond donors (Lipinski definition) is 1. The van der Waals surface area contributed by atoms with Crippen molar-refractivity contribution in [3.05, 3.63) is 63.9 Å². The maximum atomic E-state index is 6.07. The predicted molar refractivity (Wildman–Crippen MR) is 76.2 cm³/mol. The predicted octanol–water partition coefficient (Wildman–Crippen LogP) is 4.09. The average Bonchev–Trinajstić information content (AvgIpc) is 2.40. The summed E-state index contributed by atoms with van der Waals surface area (Å²) >= 11 is 12.0. The van der Waals surface area contributed by atoms with Crippen LogP contribution < -0.4 is 5.32 Å². The fourth-order valence-corrected chi connectivity index (χ4v) is 2.14. The molecule has 94 valence electrons. The maximum absolute atomic E-state index is 6.07. The van der Waals surface area contributed by atoms with E-state index in [1.165, 1.54) is 0 Å². The second kappa shape index (κ2) is 6.19. The molecule has 1 heterocycles. The van der Waals surface area contributed by atoms with Crippen molar-refractivity contribution in [2.75, 3.05) is 6.54 Å². The molecule has 0 amide bonds. The van der Waals surface area contributed by atoms with Crippen molar-refractivity contribution in [3.63, 3.8) is 0 Å². The first-order chi connectivity index (χ1) is 8.72. The van der Waals surface area contributed by atoms with Gasteiger partial charge in [0, 0.05) is 6.20 Å². The lowest BCUT2D eigenvalue weighted by molar-refractivity contribution is 0.615. The highest BCUT2D eigenvalue weighted by Crippen LogP contribution is 2.28. The third-order valence-corrected chi connectivity index (χ3v) is 3.41. The number of pyridine rings is 1. The average molecular weight is 281 g/mol. The molecule has 1 aromatic heterocycles. The van der Waals surface area contributed by atoms with Gasteiger partial charge < -0.3 is 5.32 Å². The van der Waals surface area contributed by atoms with Gasteiger partial charge in [0.25, 0.3) is 0 Å². The summed E-state index contributed by atoms with van der Waals surface area (Å²) in [5.74, 6) is 0. The molecule has 0 aliphatic carbocycles. The minimum absolute atomic E-state index is 0.0333. The van der Waals surface area contributed by atoms with Crippen LogP contribution in [0.15, 0.2) is 42.6 Å². The molecule has 2 aromatic rings. The van der Waals surface area contributed by atoms with Crippen LogP contribution in [0.2, 0.25) is 10.0 Å². The molecule has 0 saturated carbocycles. The van der Waals surface area contributed by atoms with E-state index in [0.717, 1.165) is 17.8 Å². The number of aromatic nitrogens is 1. The van der Waals surface area contributed by atoms with E-state index in [0.29, 0.717) is 10.0 Å². The van der Waals surface area contributed by atoms with Crippen LogP contribution >= 0.6 is 23.2 Å². The molecule has 0 bridgehead atoms. The highest BCUT2D eigenvalue weighted by molar-refractivity contribution is 6.42. The molecule has 0 saturated heterocycles. The molecular formula is C14H14Cl2N2. The van der Waals surface area contributed by atoms with Gasteiger partial charge in [0.15, 0.2) is 0 Å². The SMILES string of the molecule is CCNC(c1ccc(Cl)c(Cl)c1)c1ccccn1. The summed E-state index contributed by atoms with van der Waals surface area (Å²) in [4.78, 5) is 4.39. The second-order valence-electron chi connectivity index (χ2n) is 3.92. The Labute approximate surface area is 117 Å². The van der Waals surface area contributed by atoms with Crippen LogP contribution in [0.25, 0.3) is 0 Å². The topological polar surface area (TPSA) is 24.9 Å². The number of halogens is 2. The Kier molecular flexibility index (Phi) is 4.59. The summed E-state index contributed by atoms with van der Waals surface area (Å²) in [5, 5.41) is 4.53. The molecule has 2 nitrogen and oxygen atoms in total. The summed E-state index contributed by atoms with van der Waals surface area (Å²) in [6.07, 6.45) is 1.79. The number of nitrogens with zero attached hydrogens (tertiary/aromatic N) is 1. The number of benzene rings is 1. The van der Waals surface area contributed by atoms with Gasteiger partial charge in [0.2, 0.25) is 0 Å². The zero-order chi connectivity index (χ0) is 13.0. The first kappa shape index (κ1) is 13.3. The van der Waals surface area contributed by atoms with Crippen molar-refractivity contribution in [3.8, 4) is 0 Å². The molecule has 2 rings (SSSR count). The van der Waals surface area contributed by atoms with Crippen LogP contribution in [0.5, 0.6) is 0 Å². The normalized spacial score (nSPS) is 12.4. The Hall–Kier alpha value is -1.09. The largest absolute Gasteiger partial charge is 0.305 e. The van der Waals surface area contributed by atoms with E-state index in [1.807, 2.05) is 36.4 Å². The molecular weight excluding hydrogens is 267 g/mol. The molecule has 18 heavy (non-hydrogen) atoms. The molecule has 4 heteroatoms. The Morgan fingerprint density at radius 1 is 1.17 bits per heavy atom. The van der Waals surface area contributed by atoms with E-state index in [2.05, 4.69) is 17.2 Å². The van der Waals surface area contributed by atoms with Crippen molar-refractivity contribution in [2.45, 2.75) is 13.0 Å². The van der Waals surface area contributed by atoms with Crippen molar-refractivity contribution in [1.29, 1.82) is 0 Å². The molecule has 0 aliphatic heterocycles. The fourth-order valence-electron chi connectivity index (χ4n) is 1.84. The zero-order valence-electron chi connectivity index (χ0n) is 10.0. The van der Waals surface area contributed by atoms with Gasteiger partial charge in [0.1, 0.15) is 0 Å². The molecule has 0 aliphatic rings. The standard InChI is InChI=1S/C14H14Cl2N2/c1-2-17-14(13-5-3-4-8-18-13)10-6-7-11(15)12(16)9-10/h3-9,14,17H,2H2,1H3. The fraction of sp³-hybridized carbons (Fsp3) is 0.214. The van der Waals surface area contributed by atoms with E-state index in [1.54, 1.807) is 6.20 Å². The van der Waals surface area contributed by atoms with Crippen LogP contribution in [0.3, 0.4) is 0 Å². The van der Waals surface area contributed by atoms with Crippen molar-refractivity contribution < 1.29 is 0 Å². The van der Waals surface area contributed by atoms with E-state index < -0.39 is 0 Å². The van der Waals surface area contributed by atoms with Crippen molar-refractivity contribution >= 4 is 23.2 Å². The monoisotopic (exact) mass is 280 g/mol. The minimum atomic E-state index is 0.0333. The Morgan fingerprint density at radius 2 is 2.00 bits per heavy atom. The van der Waals surface area contributed by atoms with Gasteiger partial charge in [-0.15, -0.1) is 0 Å². The van der Waals surface area contributed by atoms with Gasteiger partial charge in [-0.3, -0.25) is 4.98 Å². The van der Waals surface area contributed by atoms with Gasteiger partial charge in [-0.25, -0.2) is 0 Å². The summed E-state index contributed by atoms with van der Waals surface area (Å²) in [7, 11) is 0. The van der Waals surface area contributed by atoms with Gasteiger partial charge in [-0.2, -0.15) is 0 Å². The highest BCUT2D eigenvalue weighted by Gasteiger charge is 2.14. The van der Waals surface area contributed by atoms with Crippen molar-refractivity contribution in [1.82, 2.24) is 10.3 Å². The third-order valence-electron chi connectivity index (χ3n) is 2.67. The Bertz CT molecular complexity index is 514. The quantitative estimate of drug-likeness (QED) is 0.913. The number of hydrogen-bond acceptors (Lipinski definition) is 2. The summed E-state index contributed by atoms with van der Waals surface area (Å²) in [6, 6.07) is 11.6. The first-order valence-corrected chi connectivity index (χ1v) is 6.57. The zero-order valence-corrected chi connectivity index (χ0v) is 11.5. The third kappa shape index (κ3) is 3.02. The molecule has 1 unspecified atom stereocenters. The summed E-state index contributed by atoms with van der Waals surface area (Å²) < 4.78 is 0. The lowest BCUT2D eigenvalue weighted by Gasteiger charge is -2.18. The lowest BCUT2D eigenvalue weighted by atomic mass is 10.0. The first-order valence-electron chi connectivity index (χ1n) is 5.81. The van der Waals surface area contributed by atoms with Crippen LogP contribution in [0.4, 0.5) is 0 Å². The molecule has 1 aromatic carbocycles. The molecule has 0 fully saturated rings. The molecule has 0 spiro atoms. The lowest BCUT2D eigenvalue weighted by Crippen LogP contribution is -2.22. The number of rotatable bonds is 4. The smallest absolute Gasteiger partial charge is 0.0751 e. The Balaban J connectivity index is 2.38. The van der Waals surface area contributed by atoms with E-state index in [4.69, 9.17) is 23.2 Å². The number of nitrogens with one attached hydrogen (secondary N) is 1. The van der Waals surface area contributed by atoms with Crippen LogP contribution in [0, 0.1) is 0 Å². The Morgan fingerprint density at radius 3 is 2.61 bits per heavy atom. The van der Waals surface area contributed by atoms with E-state index in [9.17, 15) is 0 Å². The second-order valence-corrected chi connectivity index (χ2v) is 4.73. The van der Waals surface area contributed by atoms with Gasteiger partial charge >= 0.3 is 0 Å². The molecule has 0 radical (unpaired) electrons. The maximum Gasteiger partial charge on any atom is 0.0751 e. The van der Waals surface area contributed by atoms with E-state index >= 15 is 0 Å². The van der Waals surface area contributed by atoms with Gasteiger partial charge in [0.05, 0.1) is 21.8 Å². The summed E-state index contributed by atoms with van der Waals surface area (Å²) in [6.45, 7) is 2.91. The molecule has 1 N–H and O–H groups in total.